The first-order valence-corrected chi connectivity index (χ1v) is 3.62. The lowest BCUT2D eigenvalue weighted by molar-refractivity contribution is 0.965. The summed E-state index contributed by atoms with van der Waals surface area (Å²) < 4.78 is 0. The van der Waals surface area contributed by atoms with Gasteiger partial charge in [0.05, 0.1) is 0 Å². The largest absolute Gasteiger partial charge is 0.388 e. The molecule has 1 N–H and O–H groups in total. The van der Waals surface area contributed by atoms with Crippen molar-refractivity contribution in [1.29, 1.82) is 0 Å². The van der Waals surface area contributed by atoms with Crippen LogP contribution in [0.2, 0.25) is 0 Å². The predicted octanol–water partition coefficient (Wildman–Crippen LogP) is 2.47. The van der Waals surface area contributed by atoms with Crippen LogP contribution in [-0.4, -0.2) is 7.05 Å². The van der Waals surface area contributed by atoms with E-state index in [4.69, 9.17) is 0 Å². The topological polar surface area (TPSA) is 12.0 Å². The summed E-state index contributed by atoms with van der Waals surface area (Å²) in [6.45, 7) is 8.38. The van der Waals surface area contributed by atoms with Gasteiger partial charge in [0.15, 0.2) is 0 Å². The quantitative estimate of drug-likeness (QED) is 0.579. The lowest BCUT2D eigenvalue weighted by atomic mass is 10.1. The molecule has 1 heteroatoms. The summed E-state index contributed by atoms with van der Waals surface area (Å²) in [5.41, 5.74) is 3.89. The summed E-state index contributed by atoms with van der Waals surface area (Å²) in [6.07, 6.45) is 2.11. The van der Waals surface area contributed by atoms with E-state index < -0.39 is 0 Å². The fourth-order valence-corrected chi connectivity index (χ4v) is 0.986. The van der Waals surface area contributed by atoms with E-state index in [1.165, 1.54) is 16.8 Å². The highest BCUT2D eigenvalue weighted by atomic mass is 14.8. The first-order chi connectivity index (χ1) is 4.63. The Bertz CT molecular complexity index is 153. The average Bonchev–Trinajstić information content (AvgIpc) is 1.88. The van der Waals surface area contributed by atoms with Crippen molar-refractivity contribution in [2.24, 2.45) is 0 Å². The van der Waals surface area contributed by atoms with Crippen LogP contribution in [-0.2, 0) is 0 Å². The molecule has 0 fully saturated rings. The molecule has 0 aliphatic carbocycles. The molecule has 1 nitrogen and oxygen atoms in total. The zero-order valence-electron chi connectivity index (χ0n) is 7.58. The fraction of sp³-hybridized carbons (Fsp3) is 0.556. The number of likely N-dealkylation sites (N-methyl/N-ethyl adjacent to an activating group) is 1. The molecular formula is C9H17N. The standard InChI is InChI=1S/C9H17N/c1-6-8(4)9(10-5)7(2)3/h6,10H,1-5H3. The van der Waals surface area contributed by atoms with E-state index in [1.54, 1.807) is 0 Å². The van der Waals surface area contributed by atoms with Gasteiger partial charge in [0.25, 0.3) is 0 Å². The third kappa shape index (κ3) is 2.26. The highest BCUT2D eigenvalue weighted by Crippen LogP contribution is 2.09. The van der Waals surface area contributed by atoms with Crippen molar-refractivity contribution in [2.45, 2.75) is 27.7 Å². The molecule has 0 atom stereocenters. The van der Waals surface area contributed by atoms with Gasteiger partial charge in [0, 0.05) is 12.7 Å². The molecule has 0 radical (unpaired) electrons. The molecule has 0 aromatic rings. The smallest absolute Gasteiger partial charge is 0.0350 e. The van der Waals surface area contributed by atoms with Crippen LogP contribution in [0.1, 0.15) is 27.7 Å². The highest BCUT2D eigenvalue weighted by Gasteiger charge is 1.96. The predicted molar refractivity (Wildman–Crippen MR) is 46.9 cm³/mol. The summed E-state index contributed by atoms with van der Waals surface area (Å²) in [7, 11) is 1.95. The van der Waals surface area contributed by atoms with Gasteiger partial charge in [0.2, 0.25) is 0 Å². The molecule has 0 aromatic carbocycles. The van der Waals surface area contributed by atoms with Crippen molar-refractivity contribution < 1.29 is 0 Å². The van der Waals surface area contributed by atoms with E-state index in [0.717, 1.165) is 0 Å². The monoisotopic (exact) mass is 139 g/mol. The molecule has 0 aliphatic rings. The molecule has 0 aromatic heterocycles. The highest BCUT2D eigenvalue weighted by molar-refractivity contribution is 5.29. The van der Waals surface area contributed by atoms with E-state index >= 15 is 0 Å². The van der Waals surface area contributed by atoms with Gasteiger partial charge in [-0.25, -0.2) is 0 Å². The molecule has 0 spiro atoms. The van der Waals surface area contributed by atoms with E-state index in [2.05, 4.69) is 39.1 Å². The molecule has 0 amide bonds. The number of allylic oxidation sites excluding steroid dienone is 3. The maximum absolute atomic E-state index is 3.16. The molecular weight excluding hydrogens is 122 g/mol. The number of hydrogen-bond donors (Lipinski definition) is 1. The van der Waals surface area contributed by atoms with E-state index in [9.17, 15) is 0 Å². The van der Waals surface area contributed by atoms with Crippen molar-refractivity contribution in [3.05, 3.63) is 22.9 Å². The van der Waals surface area contributed by atoms with Gasteiger partial charge in [-0.1, -0.05) is 11.6 Å². The number of hydrogen-bond acceptors (Lipinski definition) is 1. The first-order valence-electron chi connectivity index (χ1n) is 3.62. The molecule has 0 bridgehead atoms. The Labute approximate surface area is 63.8 Å². The van der Waals surface area contributed by atoms with Crippen molar-refractivity contribution in [2.75, 3.05) is 7.05 Å². The number of rotatable bonds is 2. The Balaban J connectivity index is 4.54. The summed E-state index contributed by atoms with van der Waals surface area (Å²) in [6, 6.07) is 0. The molecule has 0 saturated heterocycles. The van der Waals surface area contributed by atoms with Crippen molar-refractivity contribution >= 4 is 0 Å². The van der Waals surface area contributed by atoms with Crippen LogP contribution in [0.3, 0.4) is 0 Å². The second-order valence-corrected chi connectivity index (χ2v) is 2.60. The van der Waals surface area contributed by atoms with Gasteiger partial charge in [-0.2, -0.15) is 0 Å². The minimum Gasteiger partial charge on any atom is -0.388 e. The molecule has 58 valence electrons. The Morgan fingerprint density at radius 3 is 1.80 bits per heavy atom. The van der Waals surface area contributed by atoms with E-state index in [1.807, 2.05) is 7.05 Å². The van der Waals surface area contributed by atoms with Crippen LogP contribution >= 0.6 is 0 Å². The van der Waals surface area contributed by atoms with Crippen LogP contribution < -0.4 is 5.32 Å². The maximum Gasteiger partial charge on any atom is 0.0350 e. The van der Waals surface area contributed by atoms with Crippen molar-refractivity contribution in [1.82, 2.24) is 5.32 Å². The van der Waals surface area contributed by atoms with Gasteiger partial charge in [-0.05, 0) is 33.3 Å². The average molecular weight is 139 g/mol. The minimum absolute atomic E-state index is 1.25. The molecule has 10 heavy (non-hydrogen) atoms. The van der Waals surface area contributed by atoms with Gasteiger partial charge in [0.1, 0.15) is 0 Å². The zero-order valence-corrected chi connectivity index (χ0v) is 7.58. The van der Waals surface area contributed by atoms with Crippen LogP contribution in [0.15, 0.2) is 22.9 Å². The summed E-state index contributed by atoms with van der Waals surface area (Å²) in [5, 5.41) is 3.16. The van der Waals surface area contributed by atoms with Gasteiger partial charge < -0.3 is 5.32 Å². The second-order valence-electron chi connectivity index (χ2n) is 2.60. The normalized spacial score (nSPS) is 11.1. The third-order valence-corrected chi connectivity index (χ3v) is 1.58. The lowest BCUT2D eigenvalue weighted by Gasteiger charge is -2.08. The summed E-state index contributed by atoms with van der Waals surface area (Å²) in [5.74, 6) is 0. The zero-order chi connectivity index (χ0) is 8.15. The summed E-state index contributed by atoms with van der Waals surface area (Å²) >= 11 is 0. The molecule has 0 aliphatic heterocycles. The van der Waals surface area contributed by atoms with Gasteiger partial charge in [-0.15, -0.1) is 0 Å². The van der Waals surface area contributed by atoms with E-state index in [0.29, 0.717) is 0 Å². The Kier molecular flexibility index (Phi) is 3.85. The van der Waals surface area contributed by atoms with Gasteiger partial charge >= 0.3 is 0 Å². The molecule has 0 unspecified atom stereocenters. The number of nitrogens with one attached hydrogen (secondary N) is 1. The summed E-state index contributed by atoms with van der Waals surface area (Å²) in [4.78, 5) is 0. The SMILES string of the molecule is CC=C(C)C(NC)=C(C)C. The van der Waals surface area contributed by atoms with Crippen LogP contribution in [0, 0.1) is 0 Å². The molecule has 0 heterocycles. The Hall–Kier alpha value is -0.720. The Morgan fingerprint density at radius 1 is 1.20 bits per heavy atom. The lowest BCUT2D eigenvalue weighted by Crippen LogP contribution is -2.08. The fourth-order valence-electron chi connectivity index (χ4n) is 0.986. The molecule has 0 saturated carbocycles. The van der Waals surface area contributed by atoms with E-state index in [-0.39, 0.29) is 0 Å². The van der Waals surface area contributed by atoms with Crippen LogP contribution in [0.4, 0.5) is 0 Å². The Morgan fingerprint density at radius 2 is 1.70 bits per heavy atom. The van der Waals surface area contributed by atoms with Crippen LogP contribution in [0.25, 0.3) is 0 Å². The van der Waals surface area contributed by atoms with Crippen LogP contribution in [0.5, 0.6) is 0 Å². The first kappa shape index (κ1) is 9.28. The van der Waals surface area contributed by atoms with Crippen molar-refractivity contribution in [3.8, 4) is 0 Å². The minimum atomic E-state index is 1.25. The van der Waals surface area contributed by atoms with Crippen molar-refractivity contribution in [3.63, 3.8) is 0 Å². The maximum atomic E-state index is 3.16. The molecule has 0 rings (SSSR count). The van der Waals surface area contributed by atoms with Gasteiger partial charge in [-0.3, -0.25) is 0 Å². The third-order valence-electron chi connectivity index (χ3n) is 1.58. The second kappa shape index (κ2) is 4.15.